The molecule has 24 atom stereocenters. The average molecular weight is 1620 g/mol. The number of hydrogen-bond acceptors (Lipinski definition) is 7. The Labute approximate surface area is 723 Å². The monoisotopic (exact) mass is 1620 g/mol. The molecular formula is C111H176O7. The summed E-state index contributed by atoms with van der Waals surface area (Å²) in [6.45, 7) is 60.1. The average Bonchev–Trinajstić information content (AvgIpc) is 1.62. The molecule has 12 fully saturated rings. The molecule has 7 nitrogen and oxygen atoms in total. The molecule has 0 spiro atoms. The van der Waals surface area contributed by atoms with Crippen LogP contribution >= 0.6 is 0 Å². The van der Waals surface area contributed by atoms with Gasteiger partial charge in [-0.25, -0.2) is 0 Å². The van der Waals surface area contributed by atoms with Crippen molar-refractivity contribution in [2.24, 2.45) is 122 Å². The van der Waals surface area contributed by atoms with E-state index in [1.807, 2.05) is 27.7 Å². The second-order valence-electron chi connectivity index (χ2n) is 44.3. The van der Waals surface area contributed by atoms with Gasteiger partial charge in [0.15, 0.2) is 0 Å². The minimum absolute atomic E-state index is 0.141. The topological polar surface area (TPSA) is 142 Å². The maximum absolute atomic E-state index is 10.3. The first-order valence-corrected chi connectivity index (χ1v) is 48.7. The first kappa shape index (κ1) is 97.6. The van der Waals surface area contributed by atoms with Gasteiger partial charge in [-0.1, -0.05) is 274 Å². The molecule has 12 saturated carbocycles. The van der Waals surface area contributed by atoms with E-state index in [4.69, 9.17) is 0 Å². The van der Waals surface area contributed by atoms with E-state index in [1.165, 1.54) is 180 Å². The molecule has 0 aromatic rings. The third kappa shape index (κ3) is 24.7. The SMILES string of the molecule is C=C1/C(=C\C=C2/CCC[C@]3(C)[C@@H]([C@H](C)/C=C/[C@H](C)C(C)(C)O)CC[C@@H]23)C[C@@H](O)C[C@@H]1O.C=C1CC[C@H](O)C/C1=C/C=C1\CCC[C@]2(C)[C@@H]([C@H](C)/C=C/[C@H](C)C(C)(C)O)CC[C@@H]12.C=C1CC[C@H](O)C/C1=C/C=C1\CCC[C@]2(C)[C@@H]([C@H](C)/C=C/[C@H](C)C(C)C)CC[C@@H]12.C=C1CC[C@H](O)C/C1=C/C=C1\CCC[C@]2(C)[C@@H]([C@H](C)CCCC(C)C)CC[C@@H]12. The van der Waals surface area contributed by atoms with Crippen molar-refractivity contribution in [2.45, 2.75) is 392 Å². The fourth-order valence-corrected chi connectivity index (χ4v) is 25.5. The molecule has 0 aliphatic heterocycles. The molecule has 0 aromatic heterocycles. The van der Waals surface area contributed by atoms with Crippen molar-refractivity contribution in [3.05, 3.63) is 178 Å². The molecule has 12 rings (SSSR count). The largest absolute Gasteiger partial charge is 0.393 e. The summed E-state index contributed by atoms with van der Waals surface area (Å²) in [4.78, 5) is 0. The minimum atomic E-state index is -0.684. The normalized spacial score (nSPS) is 38.2. The fourth-order valence-electron chi connectivity index (χ4n) is 25.5. The zero-order valence-corrected chi connectivity index (χ0v) is 78.8. The van der Waals surface area contributed by atoms with Gasteiger partial charge >= 0.3 is 0 Å². The number of fused-ring (bicyclic) bond motifs is 4. The summed E-state index contributed by atoms with van der Waals surface area (Å²) in [5.41, 5.74) is 16.0. The van der Waals surface area contributed by atoms with Crippen LogP contribution in [-0.4, -0.2) is 77.5 Å². The van der Waals surface area contributed by atoms with E-state index >= 15 is 0 Å². The van der Waals surface area contributed by atoms with Gasteiger partial charge in [-0.15, -0.1) is 0 Å². The Morgan fingerprint density at radius 3 is 0.992 bits per heavy atom. The minimum Gasteiger partial charge on any atom is -0.393 e. The van der Waals surface area contributed by atoms with E-state index in [0.717, 1.165) is 117 Å². The Hall–Kier alpha value is -4.18. The second kappa shape index (κ2) is 42.7. The maximum Gasteiger partial charge on any atom is 0.0811 e. The Morgan fingerprint density at radius 1 is 0.364 bits per heavy atom. The highest BCUT2D eigenvalue weighted by atomic mass is 16.3. The van der Waals surface area contributed by atoms with Crippen molar-refractivity contribution in [2.75, 3.05) is 0 Å². The van der Waals surface area contributed by atoms with E-state index in [9.17, 15) is 35.7 Å². The highest BCUT2D eigenvalue weighted by molar-refractivity contribution is 5.41. The molecule has 0 unspecified atom stereocenters. The molecule has 118 heavy (non-hydrogen) atoms. The predicted molar refractivity (Wildman–Crippen MR) is 502 cm³/mol. The van der Waals surface area contributed by atoms with E-state index in [2.05, 4.69) is 215 Å². The van der Waals surface area contributed by atoms with Crippen LogP contribution in [0.2, 0.25) is 0 Å². The van der Waals surface area contributed by atoms with E-state index in [0.29, 0.717) is 81.8 Å². The van der Waals surface area contributed by atoms with Crippen molar-refractivity contribution in [3.63, 3.8) is 0 Å². The molecule has 7 N–H and O–H groups in total. The summed E-state index contributed by atoms with van der Waals surface area (Å²) in [6, 6.07) is 0. The lowest BCUT2D eigenvalue weighted by molar-refractivity contribution is 0.0431. The van der Waals surface area contributed by atoms with Crippen LogP contribution in [-0.2, 0) is 0 Å². The Morgan fingerprint density at radius 2 is 0.669 bits per heavy atom. The summed E-state index contributed by atoms with van der Waals surface area (Å²) >= 11 is 0. The first-order valence-electron chi connectivity index (χ1n) is 48.7. The van der Waals surface area contributed by atoms with Gasteiger partial charge in [-0.2, -0.15) is 0 Å². The quantitative estimate of drug-likeness (QED) is 0.0568. The maximum atomic E-state index is 10.3. The lowest BCUT2D eigenvalue weighted by Gasteiger charge is -2.44. The Bertz CT molecular complexity index is 3720. The molecule has 0 aromatic carbocycles. The van der Waals surface area contributed by atoms with Gasteiger partial charge in [0.2, 0.25) is 0 Å². The highest BCUT2D eigenvalue weighted by Gasteiger charge is 2.54. The molecule has 12 aliphatic rings. The number of aliphatic hydroxyl groups excluding tert-OH is 5. The van der Waals surface area contributed by atoms with E-state index in [-0.39, 0.29) is 30.1 Å². The second-order valence-corrected chi connectivity index (χ2v) is 44.3. The molecular weight excluding hydrogens is 1450 g/mol. The third-order valence-corrected chi connectivity index (χ3v) is 34.4. The standard InChI is InChI=1S/C28H44O3.C28H44O2.C28H44O.C27H44O/c1-18(9-10-19(2)27(4,5)31)24-13-14-25-21(8-7-15-28(24,25)6)11-12-22-16-23(29)17-26(30)20(22)3;1-19-10-14-24(29)18-23(19)13-12-22-8-7-17-28(6)25(15-16-26(22)28)20(2)9-11-21(3)27(4,5)30;1-19(2)20(3)9-10-22(5)26-15-16-27-23(8-7-17-28(26,27)6)12-13-24-18-25(29)14-11-21(24)4;1-19(2)8-6-9-21(4)25-15-16-26-22(10-7-17-27(25,26)5)12-13-23-18-24(28)14-11-20(23)3/h9-12,18-19,23-26,29-31H,3,7-8,13-17H2,1-2,4-6H3;9,11-13,20-21,24-26,29-30H,1,7-8,10,14-18H2,2-6H3;9-10,12-13,19-20,22,25-27,29H,4,7-8,11,14-18H2,1-3,5-6H3;12-13,19,21,24-26,28H,3,6-11,14-18H2,1-2,4-5H3/b10-9+,21-11+,22-12-;11-9+,22-12+,23-13-;10-9+,23-12+,24-13-;22-12+,23-13-/t18-,19+,23-,24-,25+,26+,28-;20-,21+,24+,25-,26+,28-;20-,22+,25-,26+,27-,28+;21-,24+,25-,26+,27-/m1101/s1. The molecule has 0 amide bonds. The van der Waals surface area contributed by atoms with Crippen molar-refractivity contribution >= 4 is 0 Å². The van der Waals surface area contributed by atoms with Gasteiger partial charge in [0.05, 0.1) is 41.7 Å². The predicted octanol–water partition coefficient (Wildman–Crippen LogP) is 27.7. The van der Waals surface area contributed by atoms with Crippen LogP contribution in [0.5, 0.6) is 0 Å². The van der Waals surface area contributed by atoms with Crippen LogP contribution in [0.3, 0.4) is 0 Å². The number of allylic oxidation sites excluding steroid dienone is 19. The lowest BCUT2D eigenvalue weighted by atomic mass is 9.60. The fraction of sp³-hybridized carbons (Fsp3) is 0.730. The highest BCUT2D eigenvalue weighted by Crippen LogP contribution is 2.64. The van der Waals surface area contributed by atoms with E-state index in [1.54, 1.807) is 16.7 Å². The van der Waals surface area contributed by atoms with Crippen LogP contribution < -0.4 is 0 Å². The molecule has 0 radical (unpaired) electrons. The van der Waals surface area contributed by atoms with Gasteiger partial charge in [0.25, 0.3) is 0 Å². The molecule has 12 aliphatic carbocycles. The summed E-state index contributed by atoms with van der Waals surface area (Å²) in [6.07, 6.45) is 70.0. The van der Waals surface area contributed by atoms with Crippen molar-refractivity contribution < 1.29 is 35.7 Å². The zero-order valence-electron chi connectivity index (χ0n) is 78.8. The number of hydrogen-bond donors (Lipinski definition) is 7. The van der Waals surface area contributed by atoms with Crippen LogP contribution in [0.4, 0.5) is 0 Å². The Balaban J connectivity index is 0.000000179. The molecule has 0 bridgehead atoms. The van der Waals surface area contributed by atoms with Gasteiger partial charge in [-0.05, 0) is 359 Å². The van der Waals surface area contributed by atoms with Crippen LogP contribution in [0.1, 0.15) is 350 Å². The first-order chi connectivity index (χ1) is 55.5. The smallest absolute Gasteiger partial charge is 0.0811 e. The lowest BCUT2D eigenvalue weighted by Crippen LogP contribution is -2.36. The molecule has 662 valence electrons. The van der Waals surface area contributed by atoms with E-state index < -0.39 is 23.4 Å². The zero-order chi connectivity index (χ0) is 86.6. The molecule has 0 heterocycles. The van der Waals surface area contributed by atoms with Crippen molar-refractivity contribution in [3.8, 4) is 0 Å². The van der Waals surface area contributed by atoms with Crippen molar-refractivity contribution in [1.29, 1.82) is 0 Å². The summed E-state index contributed by atoms with van der Waals surface area (Å²) < 4.78 is 0. The molecule has 7 heteroatoms. The molecule has 0 saturated heterocycles. The Kier molecular flexibility index (Phi) is 35.3. The van der Waals surface area contributed by atoms with Gasteiger partial charge < -0.3 is 35.7 Å². The van der Waals surface area contributed by atoms with Gasteiger partial charge in [0, 0.05) is 18.3 Å². The number of rotatable bonds is 21. The summed E-state index contributed by atoms with van der Waals surface area (Å²) in [5, 5.41) is 70.8. The third-order valence-electron chi connectivity index (χ3n) is 34.4. The van der Waals surface area contributed by atoms with Crippen LogP contribution in [0.25, 0.3) is 0 Å². The summed E-state index contributed by atoms with van der Waals surface area (Å²) in [7, 11) is 0. The van der Waals surface area contributed by atoms with Crippen LogP contribution in [0, 0.1) is 122 Å². The van der Waals surface area contributed by atoms with Crippen molar-refractivity contribution in [1.82, 2.24) is 0 Å². The number of aliphatic hydroxyl groups is 7. The van der Waals surface area contributed by atoms with Gasteiger partial charge in [-0.3, -0.25) is 0 Å². The van der Waals surface area contributed by atoms with Gasteiger partial charge in [0.1, 0.15) is 0 Å². The summed E-state index contributed by atoms with van der Waals surface area (Å²) in [5.74, 6) is 10.9. The van der Waals surface area contributed by atoms with Crippen LogP contribution in [0.15, 0.2) is 178 Å².